The third kappa shape index (κ3) is 5.83. The van der Waals surface area contributed by atoms with E-state index in [1.807, 2.05) is 36.4 Å². The van der Waals surface area contributed by atoms with E-state index in [0.717, 1.165) is 15.8 Å². The normalized spacial score (nSPS) is 10.5. The van der Waals surface area contributed by atoms with Crippen LogP contribution in [0.1, 0.15) is 5.56 Å². The van der Waals surface area contributed by atoms with Gasteiger partial charge in [0.25, 0.3) is 0 Å². The Kier molecular flexibility index (Phi) is 7.35. The lowest BCUT2D eigenvalue weighted by atomic mass is 10.1. The molecular formula is C19H19BrO5. The predicted octanol–water partition coefficient (Wildman–Crippen LogP) is 4.10. The van der Waals surface area contributed by atoms with Crippen molar-refractivity contribution < 1.29 is 23.7 Å². The minimum absolute atomic E-state index is 0.161. The largest absolute Gasteiger partial charge is 0.493 e. The maximum absolute atomic E-state index is 11.8. The van der Waals surface area contributed by atoms with E-state index in [1.54, 1.807) is 26.4 Å². The molecule has 0 heterocycles. The van der Waals surface area contributed by atoms with E-state index in [9.17, 15) is 4.79 Å². The number of carbonyl (C=O) groups excluding carboxylic acids is 1. The van der Waals surface area contributed by atoms with Gasteiger partial charge in [-0.3, -0.25) is 0 Å². The SMILES string of the molecule is COc1cccc(C=CC(=O)OCCOc2ccc(Br)cc2)c1OC. The van der Waals surface area contributed by atoms with Crippen molar-refractivity contribution in [1.82, 2.24) is 0 Å². The number of rotatable bonds is 8. The Labute approximate surface area is 155 Å². The van der Waals surface area contributed by atoms with Gasteiger partial charge in [0.15, 0.2) is 11.5 Å². The monoisotopic (exact) mass is 406 g/mol. The van der Waals surface area contributed by atoms with Gasteiger partial charge in [0, 0.05) is 16.1 Å². The summed E-state index contributed by atoms with van der Waals surface area (Å²) in [4.78, 5) is 11.8. The molecule has 0 atom stereocenters. The fraction of sp³-hybridized carbons (Fsp3) is 0.211. The van der Waals surface area contributed by atoms with Crippen molar-refractivity contribution in [3.63, 3.8) is 0 Å². The molecule has 0 N–H and O–H groups in total. The van der Waals surface area contributed by atoms with Gasteiger partial charge in [-0.05, 0) is 36.4 Å². The molecule has 2 aromatic rings. The fourth-order valence-corrected chi connectivity index (χ4v) is 2.35. The quantitative estimate of drug-likeness (QED) is 0.375. The molecular weight excluding hydrogens is 388 g/mol. The Morgan fingerprint density at radius 1 is 1.04 bits per heavy atom. The summed E-state index contributed by atoms with van der Waals surface area (Å²) >= 11 is 3.35. The summed E-state index contributed by atoms with van der Waals surface area (Å²) in [5.41, 5.74) is 0.727. The zero-order valence-corrected chi connectivity index (χ0v) is 15.6. The number of para-hydroxylation sites is 1. The molecule has 0 aliphatic rings. The Hall–Kier alpha value is -2.47. The number of ether oxygens (including phenoxy) is 4. The first-order valence-electron chi connectivity index (χ1n) is 7.58. The number of hydrogen-bond donors (Lipinski definition) is 0. The summed E-state index contributed by atoms with van der Waals surface area (Å²) in [5, 5.41) is 0. The average Bonchev–Trinajstić information content (AvgIpc) is 2.64. The molecule has 5 nitrogen and oxygen atoms in total. The van der Waals surface area contributed by atoms with Crippen molar-refractivity contribution in [2.24, 2.45) is 0 Å². The van der Waals surface area contributed by atoms with Crippen LogP contribution in [0, 0.1) is 0 Å². The molecule has 0 spiro atoms. The van der Waals surface area contributed by atoms with Gasteiger partial charge in [-0.2, -0.15) is 0 Å². The van der Waals surface area contributed by atoms with Crippen LogP contribution in [0.5, 0.6) is 17.2 Å². The lowest BCUT2D eigenvalue weighted by Crippen LogP contribution is -2.10. The van der Waals surface area contributed by atoms with Crippen LogP contribution in [0.3, 0.4) is 0 Å². The lowest BCUT2D eigenvalue weighted by molar-refractivity contribution is -0.138. The first kappa shape index (κ1) is 18.9. The van der Waals surface area contributed by atoms with Gasteiger partial charge in [0.05, 0.1) is 14.2 Å². The molecule has 0 amide bonds. The highest BCUT2D eigenvalue weighted by Crippen LogP contribution is 2.31. The van der Waals surface area contributed by atoms with E-state index in [2.05, 4.69) is 15.9 Å². The molecule has 0 aliphatic carbocycles. The van der Waals surface area contributed by atoms with Crippen molar-refractivity contribution >= 4 is 28.0 Å². The van der Waals surface area contributed by atoms with Crippen LogP contribution >= 0.6 is 15.9 Å². The van der Waals surface area contributed by atoms with Crippen molar-refractivity contribution in [2.75, 3.05) is 27.4 Å². The van der Waals surface area contributed by atoms with Crippen LogP contribution in [0.4, 0.5) is 0 Å². The fourth-order valence-electron chi connectivity index (χ4n) is 2.08. The number of esters is 1. The van der Waals surface area contributed by atoms with Crippen LogP contribution in [0.2, 0.25) is 0 Å². The maximum atomic E-state index is 11.8. The Morgan fingerprint density at radius 3 is 2.48 bits per heavy atom. The molecule has 2 rings (SSSR count). The van der Waals surface area contributed by atoms with E-state index < -0.39 is 5.97 Å². The summed E-state index contributed by atoms with van der Waals surface area (Å²) < 4.78 is 22.1. The Balaban J connectivity index is 1.82. The summed E-state index contributed by atoms with van der Waals surface area (Å²) in [6.07, 6.45) is 2.97. The van der Waals surface area contributed by atoms with Crippen molar-refractivity contribution in [2.45, 2.75) is 0 Å². The molecule has 0 saturated heterocycles. The summed E-state index contributed by atoms with van der Waals surface area (Å²) in [6, 6.07) is 12.9. The highest BCUT2D eigenvalue weighted by Gasteiger charge is 2.07. The Morgan fingerprint density at radius 2 is 1.80 bits per heavy atom. The minimum atomic E-state index is -0.454. The van der Waals surface area contributed by atoms with Crippen LogP contribution in [-0.4, -0.2) is 33.4 Å². The topological polar surface area (TPSA) is 54.0 Å². The average molecular weight is 407 g/mol. The van der Waals surface area contributed by atoms with Gasteiger partial charge in [0.2, 0.25) is 0 Å². The first-order valence-corrected chi connectivity index (χ1v) is 8.37. The van der Waals surface area contributed by atoms with Gasteiger partial charge in [-0.15, -0.1) is 0 Å². The highest BCUT2D eigenvalue weighted by molar-refractivity contribution is 9.10. The smallest absolute Gasteiger partial charge is 0.330 e. The molecule has 0 fully saturated rings. The molecule has 132 valence electrons. The van der Waals surface area contributed by atoms with Crippen LogP contribution < -0.4 is 14.2 Å². The van der Waals surface area contributed by atoms with E-state index in [4.69, 9.17) is 18.9 Å². The molecule has 0 aromatic heterocycles. The van der Waals surface area contributed by atoms with Gasteiger partial charge >= 0.3 is 5.97 Å². The zero-order valence-electron chi connectivity index (χ0n) is 14.0. The van der Waals surface area contributed by atoms with E-state index in [-0.39, 0.29) is 13.2 Å². The maximum Gasteiger partial charge on any atom is 0.330 e. The van der Waals surface area contributed by atoms with Gasteiger partial charge in [-0.25, -0.2) is 4.79 Å². The molecule has 0 bridgehead atoms. The lowest BCUT2D eigenvalue weighted by Gasteiger charge is -2.09. The summed E-state index contributed by atoms with van der Waals surface area (Å²) in [5.74, 6) is 1.42. The van der Waals surface area contributed by atoms with E-state index >= 15 is 0 Å². The second kappa shape index (κ2) is 9.74. The molecule has 0 radical (unpaired) electrons. The van der Waals surface area contributed by atoms with Gasteiger partial charge in [0.1, 0.15) is 19.0 Å². The van der Waals surface area contributed by atoms with E-state index in [0.29, 0.717) is 11.5 Å². The molecule has 0 saturated carbocycles. The second-order valence-corrected chi connectivity index (χ2v) is 5.80. The summed E-state index contributed by atoms with van der Waals surface area (Å²) in [7, 11) is 3.11. The second-order valence-electron chi connectivity index (χ2n) is 4.89. The molecule has 2 aromatic carbocycles. The molecule has 25 heavy (non-hydrogen) atoms. The predicted molar refractivity (Wildman–Crippen MR) is 99.2 cm³/mol. The van der Waals surface area contributed by atoms with Crippen LogP contribution in [0.15, 0.2) is 53.0 Å². The van der Waals surface area contributed by atoms with Crippen LogP contribution in [0.25, 0.3) is 6.08 Å². The standard InChI is InChI=1S/C19H19BrO5/c1-22-17-5-3-4-14(19(17)23-2)6-11-18(21)25-13-12-24-16-9-7-15(20)8-10-16/h3-11H,12-13H2,1-2H3. The minimum Gasteiger partial charge on any atom is -0.493 e. The van der Waals surface area contributed by atoms with Crippen molar-refractivity contribution in [3.05, 3.63) is 58.6 Å². The Bertz CT molecular complexity index is 725. The first-order chi connectivity index (χ1) is 12.1. The number of benzene rings is 2. The van der Waals surface area contributed by atoms with Gasteiger partial charge in [-0.1, -0.05) is 28.1 Å². The van der Waals surface area contributed by atoms with E-state index in [1.165, 1.54) is 6.08 Å². The summed E-state index contributed by atoms with van der Waals surface area (Å²) in [6.45, 7) is 0.443. The molecule has 6 heteroatoms. The zero-order chi connectivity index (χ0) is 18.1. The number of carbonyl (C=O) groups is 1. The highest BCUT2D eigenvalue weighted by atomic mass is 79.9. The number of halogens is 1. The molecule has 0 aliphatic heterocycles. The van der Waals surface area contributed by atoms with Crippen molar-refractivity contribution in [1.29, 1.82) is 0 Å². The van der Waals surface area contributed by atoms with Gasteiger partial charge < -0.3 is 18.9 Å². The third-order valence-electron chi connectivity index (χ3n) is 3.24. The third-order valence-corrected chi connectivity index (χ3v) is 3.77. The number of hydrogen-bond acceptors (Lipinski definition) is 5. The van der Waals surface area contributed by atoms with Crippen molar-refractivity contribution in [3.8, 4) is 17.2 Å². The molecule has 0 unspecified atom stereocenters. The van der Waals surface area contributed by atoms with Crippen LogP contribution in [-0.2, 0) is 9.53 Å². The number of methoxy groups -OCH3 is 2.